The van der Waals surface area contributed by atoms with Crippen LogP contribution in [0, 0.1) is 12.3 Å². The van der Waals surface area contributed by atoms with E-state index >= 15 is 0 Å². The molecule has 1 aromatic heterocycles. The van der Waals surface area contributed by atoms with Gasteiger partial charge in [0.1, 0.15) is 0 Å². The lowest BCUT2D eigenvalue weighted by molar-refractivity contribution is -0.112. The molecule has 106 valence electrons. The van der Waals surface area contributed by atoms with Crippen LogP contribution in [0.4, 0.5) is 0 Å². The van der Waals surface area contributed by atoms with E-state index in [9.17, 15) is 4.79 Å². The van der Waals surface area contributed by atoms with Crippen LogP contribution in [0.2, 0.25) is 0 Å². The minimum atomic E-state index is -0.213. The molecule has 4 heteroatoms. The van der Waals surface area contributed by atoms with E-state index in [4.69, 9.17) is 17.0 Å². The van der Waals surface area contributed by atoms with Gasteiger partial charge in [0.25, 0.3) is 0 Å². The number of hydrogen-bond donors (Lipinski definition) is 2. The molecule has 0 bridgehead atoms. The first-order chi connectivity index (χ1) is 9.51. The van der Waals surface area contributed by atoms with Gasteiger partial charge in [0.2, 0.25) is 0 Å². The maximum Gasteiger partial charge on any atom is 0.176 e. The summed E-state index contributed by atoms with van der Waals surface area (Å²) in [6.45, 7) is 3.83. The molecule has 0 radical (unpaired) electrons. The fourth-order valence-corrected chi connectivity index (χ4v) is 2.64. The zero-order chi connectivity index (χ0) is 14.7. The second-order valence-electron chi connectivity index (χ2n) is 5.11. The Bertz CT molecular complexity index is 645. The monoisotopic (exact) mass is 290 g/mol. The van der Waals surface area contributed by atoms with Gasteiger partial charge >= 0.3 is 0 Å². The quantitative estimate of drug-likeness (QED) is 0.613. The van der Waals surface area contributed by atoms with E-state index < -0.39 is 0 Å². The van der Waals surface area contributed by atoms with Gasteiger partial charge in [0.05, 0.1) is 5.71 Å². The van der Waals surface area contributed by atoms with Crippen LogP contribution in [-0.4, -0.2) is 21.9 Å². The third-order valence-electron chi connectivity index (χ3n) is 3.49. The van der Waals surface area contributed by atoms with Crippen molar-refractivity contribution < 1.29 is 4.79 Å². The molecule has 0 spiro atoms. The van der Waals surface area contributed by atoms with Crippen molar-refractivity contribution in [1.82, 2.24) is 4.98 Å². The van der Waals surface area contributed by atoms with Crippen LogP contribution < -0.4 is 0 Å². The first-order valence-electron chi connectivity index (χ1n) is 6.82. The van der Waals surface area contributed by atoms with Crippen LogP contribution in [0.3, 0.4) is 0 Å². The number of carbonyl (C=O) groups is 1. The van der Waals surface area contributed by atoms with E-state index in [1.54, 1.807) is 6.92 Å². The number of ketones is 1. The van der Waals surface area contributed by atoms with E-state index in [-0.39, 0.29) is 16.9 Å². The molecule has 0 amide bonds. The van der Waals surface area contributed by atoms with E-state index in [2.05, 4.69) is 18.0 Å². The van der Waals surface area contributed by atoms with E-state index in [1.165, 1.54) is 10.9 Å². The Balaban J connectivity index is 2.05. The Morgan fingerprint density at radius 1 is 1.45 bits per heavy atom. The number of rotatable bonds is 6. The topological polar surface area (TPSA) is 56.7 Å². The number of benzene rings is 1. The number of aromatic amines is 1. The van der Waals surface area contributed by atoms with Crippen molar-refractivity contribution in [3.05, 3.63) is 35.5 Å². The Labute approximate surface area is 123 Å². The molecule has 0 aliphatic rings. The summed E-state index contributed by atoms with van der Waals surface area (Å²) >= 11 is 6.28. The molecule has 20 heavy (non-hydrogen) atoms. The highest BCUT2D eigenvalue weighted by atomic mass is 35.5. The third kappa shape index (κ3) is 3.28. The van der Waals surface area contributed by atoms with E-state index in [0.717, 1.165) is 11.1 Å². The number of halogens is 1. The molecule has 3 nitrogen and oxygen atoms in total. The van der Waals surface area contributed by atoms with Crippen LogP contribution >= 0.6 is 11.6 Å². The van der Waals surface area contributed by atoms with Crippen molar-refractivity contribution >= 4 is 34.0 Å². The summed E-state index contributed by atoms with van der Waals surface area (Å²) in [7, 11) is 0. The minimum absolute atomic E-state index is 0.118. The van der Waals surface area contributed by atoms with Gasteiger partial charge in [0, 0.05) is 35.3 Å². The van der Waals surface area contributed by atoms with Gasteiger partial charge < -0.3 is 10.4 Å². The first-order valence-corrected chi connectivity index (χ1v) is 7.26. The molecule has 0 aliphatic heterocycles. The highest BCUT2D eigenvalue weighted by Crippen LogP contribution is 2.21. The molecule has 1 unspecified atom stereocenters. The number of fused-ring (bicyclic) bond motifs is 1. The Morgan fingerprint density at radius 3 is 2.90 bits per heavy atom. The Hall–Kier alpha value is -1.61. The number of nitrogens with one attached hydrogen (secondary N) is 2. The largest absolute Gasteiger partial charge is 0.361 e. The highest BCUT2D eigenvalue weighted by Gasteiger charge is 2.14. The second-order valence-corrected chi connectivity index (χ2v) is 5.73. The van der Waals surface area contributed by atoms with Crippen molar-refractivity contribution in [3.8, 4) is 0 Å². The second kappa shape index (κ2) is 6.23. The van der Waals surface area contributed by atoms with Gasteiger partial charge in [-0.15, -0.1) is 11.6 Å². The fraction of sp³-hybridized carbons (Fsp3) is 0.375. The fourth-order valence-electron chi connectivity index (χ4n) is 2.31. The predicted octanol–water partition coefficient (Wildman–Crippen LogP) is 4.02. The molecule has 1 aromatic carbocycles. The Kier molecular flexibility index (Phi) is 4.61. The number of Topliss-reactive ketones (excluding diaryl/α,β-unsaturated/α-hetero) is 1. The molecule has 0 saturated carbocycles. The molecule has 1 atom stereocenters. The SMILES string of the molecule is CCC(=O)C(=N)CC(Cl)Cc1ccc2[nH]cc(C)c2c1. The van der Waals surface area contributed by atoms with Gasteiger partial charge in [-0.1, -0.05) is 13.0 Å². The van der Waals surface area contributed by atoms with Crippen molar-refractivity contribution in [2.24, 2.45) is 0 Å². The molecule has 2 rings (SSSR count). The number of aryl methyl sites for hydroxylation is 1. The standard InChI is InChI=1S/C16H19ClN2O/c1-3-16(20)14(18)8-12(17)6-11-4-5-15-13(7-11)10(2)9-19-15/h4-5,7,9,12,18-19H,3,6,8H2,1-2H3. The van der Waals surface area contributed by atoms with Gasteiger partial charge in [-0.2, -0.15) is 0 Å². The number of aromatic nitrogens is 1. The van der Waals surface area contributed by atoms with E-state index in [0.29, 0.717) is 19.3 Å². The molecular formula is C16H19ClN2O. The van der Waals surface area contributed by atoms with Crippen LogP contribution in [0.1, 0.15) is 30.9 Å². The van der Waals surface area contributed by atoms with E-state index in [1.807, 2.05) is 18.3 Å². The summed E-state index contributed by atoms with van der Waals surface area (Å²) in [5.74, 6) is -0.118. The smallest absolute Gasteiger partial charge is 0.176 e. The maximum atomic E-state index is 11.4. The molecular weight excluding hydrogens is 272 g/mol. The summed E-state index contributed by atoms with van der Waals surface area (Å²) in [5, 5.41) is 8.68. The van der Waals surface area contributed by atoms with Crippen molar-refractivity contribution in [2.75, 3.05) is 0 Å². The summed E-state index contributed by atoms with van der Waals surface area (Å²) in [5.41, 5.74) is 3.59. The molecule has 0 saturated heterocycles. The lowest BCUT2D eigenvalue weighted by atomic mass is 10.0. The highest BCUT2D eigenvalue weighted by molar-refractivity contribution is 6.40. The zero-order valence-electron chi connectivity index (χ0n) is 11.8. The minimum Gasteiger partial charge on any atom is -0.361 e. The lowest BCUT2D eigenvalue weighted by Crippen LogP contribution is -2.17. The lowest BCUT2D eigenvalue weighted by Gasteiger charge is -2.10. The summed E-state index contributed by atoms with van der Waals surface area (Å²) in [6, 6.07) is 6.21. The summed E-state index contributed by atoms with van der Waals surface area (Å²) in [4.78, 5) is 14.6. The molecule has 2 aromatic rings. The number of H-pyrrole nitrogens is 1. The van der Waals surface area contributed by atoms with Crippen molar-refractivity contribution in [3.63, 3.8) is 0 Å². The normalized spacial score (nSPS) is 12.6. The average molecular weight is 291 g/mol. The summed E-state index contributed by atoms with van der Waals surface area (Å²) in [6.07, 6.45) is 3.36. The van der Waals surface area contributed by atoms with Crippen molar-refractivity contribution in [1.29, 1.82) is 5.41 Å². The summed E-state index contributed by atoms with van der Waals surface area (Å²) < 4.78 is 0. The van der Waals surface area contributed by atoms with Crippen LogP contribution in [0.15, 0.2) is 24.4 Å². The number of carbonyl (C=O) groups excluding carboxylic acids is 1. The van der Waals surface area contributed by atoms with Crippen LogP contribution in [-0.2, 0) is 11.2 Å². The molecule has 2 N–H and O–H groups in total. The van der Waals surface area contributed by atoms with Gasteiger partial charge in [-0.05, 0) is 36.6 Å². The average Bonchev–Trinajstić information content (AvgIpc) is 2.79. The van der Waals surface area contributed by atoms with Gasteiger partial charge in [0.15, 0.2) is 5.78 Å². The van der Waals surface area contributed by atoms with Gasteiger partial charge in [-0.3, -0.25) is 4.79 Å². The van der Waals surface area contributed by atoms with Crippen LogP contribution in [0.5, 0.6) is 0 Å². The molecule has 0 aliphatic carbocycles. The third-order valence-corrected chi connectivity index (χ3v) is 3.80. The molecule has 0 fully saturated rings. The maximum absolute atomic E-state index is 11.4. The predicted molar refractivity (Wildman–Crippen MR) is 84.0 cm³/mol. The number of alkyl halides is 1. The molecule has 1 heterocycles. The number of hydrogen-bond acceptors (Lipinski definition) is 2. The van der Waals surface area contributed by atoms with Gasteiger partial charge in [-0.25, -0.2) is 0 Å². The Morgan fingerprint density at radius 2 is 2.20 bits per heavy atom. The first kappa shape index (κ1) is 14.8. The van der Waals surface area contributed by atoms with Crippen LogP contribution in [0.25, 0.3) is 10.9 Å². The zero-order valence-corrected chi connectivity index (χ0v) is 12.6. The van der Waals surface area contributed by atoms with Crippen molar-refractivity contribution in [2.45, 2.75) is 38.5 Å².